The topological polar surface area (TPSA) is 89.2 Å². The van der Waals surface area contributed by atoms with E-state index in [1.165, 1.54) is 0 Å². The first-order valence-electron chi connectivity index (χ1n) is 9.36. The van der Waals surface area contributed by atoms with Crippen LogP contribution in [0.25, 0.3) is 21.7 Å². The van der Waals surface area contributed by atoms with Crippen molar-refractivity contribution in [3.63, 3.8) is 0 Å². The lowest BCUT2D eigenvalue weighted by Crippen LogP contribution is -2.33. The summed E-state index contributed by atoms with van der Waals surface area (Å²) in [5.41, 5.74) is 3.67. The summed E-state index contributed by atoms with van der Waals surface area (Å²) in [7, 11) is 1.81. The van der Waals surface area contributed by atoms with E-state index in [1.54, 1.807) is 4.68 Å². The van der Waals surface area contributed by atoms with Crippen LogP contribution in [0.2, 0.25) is 0 Å². The maximum Gasteiger partial charge on any atom is 0.287 e. The van der Waals surface area contributed by atoms with E-state index in [1.807, 2.05) is 64.2 Å². The predicted octanol–water partition coefficient (Wildman–Crippen LogP) is 3.61. The highest BCUT2D eigenvalue weighted by Crippen LogP contribution is 2.31. The molecule has 2 amide bonds. The van der Waals surface area contributed by atoms with Crippen LogP contribution in [0.5, 0.6) is 0 Å². The quantitative estimate of drug-likeness (QED) is 0.557. The van der Waals surface area contributed by atoms with E-state index in [9.17, 15) is 9.59 Å². The van der Waals surface area contributed by atoms with Gasteiger partial charge in [-0.25, -0.2) is 0 Å². The Kier molecular flexibility index (Phi) is 4.58. The zero-order valence-electron chi connectivity index (χ0n) is 16.8. The third-order valence-corrected chi connectivity index (χ3v) is 5.22. The van der Waals surface area contributed by atoms with Crippen LogP contribution in [0.1, 0.15) is 27.5 Å². The van der Waals surface area contributed by atoms with E-state index in [0.717, 1.165) is 33.1 Å². The maximum atomic E-state index is 12.7. The van der Waals surface area contributed by atoms with E-state index in [2.05, 4.69) is 15.7 Å². The fourth-order valence-electron chi connectivity index (χ4n) is 3.54. The summed E-state index contributed by atoms with van der Waals surface area (Å²) >= 11 is 0. The van der Waals surface area contributed by atoms with Gasteiger partial charge in [0.15, 0.2) is 5.76 Å². The highest BCUT2D eigenvalue weighted by Gasteiger charge is 2.20. The van der Waals surface area contributed by atoms with Crippen LogP contribution in [0.4, 0.5) is 5.69 Å². The number of furan rings is 1. The van der Waals surface area contributed by atoms with Crippen LogP contribution in [-0.4, -0.2) is 28.1 Å². The van der Waals surface area contributed by atoms with Crippen molar-refractivity contribution >= 4 is 39.2 Å². The van der Waals surface area contributed by atoms with Crippen LogP contribution in [-0.2, 0) is 11.8 Å². The van der Waals surface area contributed by atoms with Crippen molar-refractivity contribution in [2.24, 2.45) is 7.05 Å². The monoisotopic (exact) mass is 390 g/mol. The number of nitrogens with one attached hydrogen (secondary N) is 2. The number of hydrogen-bond donors (Lipinski definition) is 2. The fraction of sp³-hybridized carbons (Fsp3) is 0.227. The molecule has 7 nitrogen and oxygen atoms in total. The van der Waals surface area contributed by atoms with Crippen LogP contribution in [0.3, 0.4) is 0 Å². The third kappa shape index (κ3) is 3.24. The maximum absolute atomic E-state index is 12.7. The standard InChI is InChI=1S/C22H22N4O3/c1-12-16-10-9-15-7-5-6-8-17(15)21(16)29-20(12)22(28)23-11-18(27)24-19-13(2)25-26(4)14(19)3/h5-10H,11H2,1-4H3,(H,23,28)(H,24,27). The van der Waals surface area contributed by atoms with E-state index < -0.39 is 5.91 Å². The summed E-state index contributed by atoms with van der Waals surface area (Å²) < 4.78 is 7.61. The van der Waals surface area contributed by atoms with E-state index in [-0.39, 0.29) is 18.2 Å². The molecule has 2 aromatic heterocycles. The van der Waals surface area contributed by atoms with Gasteiger partial charge in [0.05, 0.1) is 23.6 Å². The van der Waals surface area contributed by atoms with Gasteiger partial charge < -0.3 is 15.1 Å². The molecule has 0 aliphatic rings. The number of fused-ring (bicyclic) bond motifs is 3. The summed E-state index contributed by atoms with van der Waals surface area (Å²) in [4.78, 5) is 25.0. The van der Waals surface area contributed by atoms with Crippen molar-refractivity contribution in [2.75, 3.05) is 11.9 Å². The zero-order valence-corrected chi connectivity index (χ0v) is 16.8. The Morgan fingerprint density at radius 3 is 2.55 bits per heavy atom. The molecule has 0 aliphatic heterocycles. The lowest BCUT2D eigenvalue weighted by Gasteiger charge is -2.07. The molecule has 0 unspecified atom stereocenters. The van der Waals surface area contributed by atoms with E-state index in [0.29, 0.717) is 11.3 Å². The number of anilines is 1. The molecule has 2 aromatic carbocycles. The molecule has 0 radical (unpaired) electrons. The van der Waals surface area contributed by atoms with Crippen LogP contribution >= 0.6 is 0 Å². The number of nitrogens with zero attached hydrogens (tertiary/aromatic N) is 2. The van der Waals surface area contributed by atoms with Gasteiger partial charge in [-0.2, -0.15) is 5.10 Å². The molecule has 0 aliphatic carbocycles. The Morgan fingerprint density at radius 2 is 1.83 bits per heavy atom. The van der Waals surface area contributed by atoms with Gasteiger partial charge in [-0.15, -0.1) is 0 Å². The number of aromatic nitrogens is 2. The summed E-state index contributed by atoms with van der Waals surface area (Å²) in [6, 6.07) is 11.8. The van der Waals surface area contributed by atoms with Crippen LogP contribution < -0.4 is 10.6 Å². The minimum atomic E-state index is -0.419. The number of carbonyl (C=O) groups excluding carboxylic acids is 2. The van der Waals surface area contributed by atoms with Gasteiger partial charge in [-0.1, -0.05) is 36.4 Å². The van der Waals surface area contributed by atoms with Crippen molar-refractivity contribution < 1.29 is 14.0 Å². The Bertz CT molecular complexity index is 1270. The molecule has 0 saturated carbocycles. The lowest BCUT2D eigenvalue weighted by molar-refractivity contribution is -0.115. The van der Waals surface area contributed by atoms with Crippen LogP contribution in [0, 0.1) is 20.8 Å². The second-order valence-corrected chi connectivity index (χ2v) is 7.12. The molecular weight excluding hydrogens is 368 g/mol. The first-order chi connectivity index (χ1) is 13.9. The highest BCUT2D eigenvalue weighted by molar-refractivity contribution is 6.09. The van der Waals surface area contributed by atoms with E-state index >= 15 is 0 Å². The van der Waals surface area contributed by atoms with Crippen molar-refractivity contribution in [1.82, 2.24) is 15.1 Å². The van der Waals surface area contributed by atoms with Gasteiger partial charge in [-0.05, 0) is 26.2 Å². The molecule has 0 atom stereocenters. The first-order valence-corrected chi connectivity index (χ1v) is 9.36. The minimum Gasteiger partial charge on any atom is -0.450 e. The molecule has 7 heteroatoms. The Morgan fingerprint density at radius 1 is 1.07 bits per heavy atom. The Hall–Kier alpha value is -3.61. The van der Waals surface area contributed by atoms with Gasteiger partial charge in [0, 0.05) is 23.4 Å². The number of aryl methyl sites for hydroxylation is 3. The number of amides is 2. The van der Waals surface area contributed by atoms with Gasteiger partial charge in [-0.3, -0.25) is 14.3 Å². The van der Waals surface area contributed by atoms with Crippen molar-refractivity contribution in [3.05, 3.63) is 59.1 Å². The SMILES string of the molecule is Cc1nn(C)c(C)c1NC(=O)CNC(=O)c1oc2c(ccc3ccccc32)c1C. The average Bonchev–Trinajstić information content (AvgIpc) is 3.17. The largest absolute Gasteiger partial charge is 0.450 e. The first kappa shape index (κ1) is 18.7. The molecule has 29 heavy (non-hydrogen) atoms. The number of benzene rings is 2. The number of rotatable bonds is 4. The zero-order chi connectivity index (χ0) is 20.7. The highest BCUT2D eigenvalue weighted by atomic mass is 16.3. The predicted molar refractivity (Wildman–Crippen MR) is 112 cm³/mol. The molecular formula is C22H22N4O3. The second-order valence-electron chi connectivity index (χ2n) is 7.12. The fourth-order valence-corrected chi connectivity index (χ4v) is 3.54. The molecule has 2 N–H and O–H groups in total. The molecule has 2 heterocycles. The molecule has 148 valence electrons. The number of hydrogen-bond acceptors (Lipinski definition) is 4. The van der Waals surface area contributed by atoms with Crippen LogP contribution in [0.15, 0.2) is 40.8 Å². The van der Waals surface area contributed by atoms with Gasteiger partial charge in [0.25, 0.3) is 5.91 Å². The smallest absolute Gasteiger partial charge is 0.287 e. The van der Waals surface area contributed by atoms with Crippen molar-refractivity contribution in [2.45, 2.75) is 20.8 Å². The molecule has 4 rings (SSSR count). The summed E-state index contributed by atoms with van der Waals surface area (Å²) in [5, 5.41) is 12.6. The molecule has 4 aromatic rings. The third-order valence-electron chi connectivity index (χ3n) is 5.22. The van der Waals surface area contributed by atoms with Crippen molar-refractivity contribution in [3.8, 4) is 0 Å². The van der Waals surface area contributed by atoms with Crippen molar-refractivity contribution in [1.29, 1.82) is 0 Å². The van der Waals surface area contributed by atoms with Gasteiger partial charge >= 0.3 is 0 Å². The summed E-state index contributed by atoms with van der Waals surface area (Å²) in [5.74, 6) is -0.521. The van der Waals surface area contributed by atoms with E-state index in [4.69, 9.17) is 4.42 Å². The molecule has 0 spiro atoms. The average molecular weight is 390 g/mol. The second kappa shape index (κ2) is 7.09. The summed E-state index contributed by atoms with van der Waals surface area (Å²) in [6.45, 7) is 5.38. The minimum absolute atomic E-state index is 0.163. The van der Waals surface area contributed by atoms with Gasteiger partial charge in [0.2, 0.25) is 5.91 Å². The Labute approximate surface area is 167 Å². The summed E-state index contributed by atoms with van der Waals surface area (Å²) in [6.07, 6.45) is 0. The molecule has 0 bridgehead atoms. The molecule has 0 saturated heterocycles. The van der Waals surface area contributed by atoms with Gasteiger partial charge in [0.1, 0.15) is 5.58 Å². The number of carbonyl (C=O) groups is 2. The molecule has 0 fully saturated rings. The normalized spacial score (nSPS) is 11.2. The lowest BCUT2D eigenvalue weighted by atomic mass is 10.1. The Balaban J connectivity index is 1.52.